The summed E-state index contributed by atoms with van der Waals surface area (Å²) in [6, 6.07) is 0. The maximum Gasteiger partial charge on any atom is 0.190 e. The predicted octanol–water partition coefficient (Wildman–Crippen LogP) is 4.70. The molecule has 0 aromatic rings. The summed E-state index contributed by atoms with van der Waals surface area (Å²) in [4.78, 5) is 0. The van der Waals surface area contributed by atoms with Crippen LogP contribution in [0, 0.1) is 0 Å². The topological polar surface area (TPSA) is 9.23 Å². The molecule has 0 heterocycles. The summed E-state index contributed by atoms with van der Waals surface area (Å²) in [6.45, 7) is 15.4. The van der Waals surface area contributed by atoms with E-state index in [1.54, 1.807) is 0 Å². The fourth-order valence-electron chi connectivity index (χ4n) is 0.924. The van der Waals surface area contributed by atoms with E-state index >= 15 is 0 Å². The highest BCUT2D eigenvalue weighted by Crippen LogP contribution is 2.66. The first-order valence-corrected chi connectivity index (χ1v) is 12.7. The van der Waals surface area contributed by atoms with Gasteiger partial charge in [0.05, 0.1) is 0 Å². The normalized spacial score (nSPS) is 17.5. The van der Waals surface area contributed by atoms with Crippen LogP contribution in [-0.4, -0.2) is 19.2 Å². The molecular weight excluding hydrogens is 247 g/mol. The SMILES string of the molecule is CC(C)SP(=S)(O[Si](C)(C)C)C(C)C. The van der Waals surface area contributed by atoms with Crippen molar-refractivity contribution in [3.8, 4) is 0 Å². The van der Waals surface area contributed by atoms with Crippen LogP contribution in [0.1, 0.15) is 27.7 Å². The Morgan fingerprint density at radius 1 is 1.14 bits per heavy atom. The lowest BCUT2D eigenvalue weighted by molar-refractivity contribution is 0.619. The molecule has 0 aliphatic carbocycles. The van der Waals surface area contributed by atoms with Gasteiger partial charge in [0.2, 0.25) is 0 Å². The second kappa shape index (κ2) is 5.49. The standard InChI is InChI=1S/C9H23OPS2Si/c1-8(2)11(12,13-9(3)4)10-14(5,6)7/h8-9H,1-7H3. The summed E-state index contributed by atoms with van der Waals surface area (Å²) in [5.74, 6) is 0. The predicted molar refractivity (Wildman–Crippen MR) is 76.6 cm³/mol. The summed E-state index contributed by atoms with van der Waals surface area (Å²) in [7, 11) is -1.50. The van der Waals surface area contributed by atoms with Crippen molar-refractivity contribution in [3.05, 3.63) is 0 Å². The van der Waals surface area contributed by atoms with Crippen molar-refractivity contribution in [2.75, 3.05) is 0 Å². The second-order valence-corrected chi connectivity index (χ2v) is 17.8. The monoisotopic (exact) mass is 270 g/mol. The zero-order valence-corrected chi connectivity index (χ0v) is 13.9. The van der Waals surface area contributed by atoms with Crippen LogP contribution in [0.4, 0.5) is 0 Å². The fraction of sp³-hybridized carbons (Fsp3) is 1.00. The lowest BCUT2D eigenvalue weighted by atomic mass is 10.6. The van der Waals surface area contributed by atoms with E-state index in [1.807, 2.05) is 11.4 Å². The van der Waals surface area contributed by atoms with E-state index in [-0.39, 0.29) is 0 Å². The summed E-state index contributed by atoms with van der Waals surface area (Å²) < 4.78 is 6.23. The van der Waals surface area contributed by atoms with E-state index in [1.165, 1.54) is 0 Å². The van der Waals surface area contributed by atoms with E-state index in [4.69, 9.17) is 16.0 Å². The third-order valence-corrected chi connectivity index (χ3v) is 13.4. The van der Waals surface area contributed by atoms with Gasteiger partial charge >= 0.3 is 0 Å². The first-order valence-electron chi connectivity index (χ1n) is 5.06. The largest absolute Gasteiger partial charge is 0.382 e. The molecule has 0 aliphatic heterocycles. The van der Waals surface area contributed by atoms with Crippen LogP contribution in [0.15, 0.2) is 0 Å². The second-order valence-electron chi connectivity index (χ2n) is 4.99. The Labute approximate surface area is 99.4 Å². The van der Waals surface area contributed by atoms with Crippen LogP contribution in [0.5, 0.6) is 0 Å². The molecule has 0 fully saturated rings. The average Bonchev–Trinajstić information content (AvgIpc) is 1.79. The van der Waals surface area contributed by atoms with Gasteiger partial charge in [-0.05, 0) is 19.6 Å². The quantitative estimate of drug-likeness (QED) is 0.529. The smallest absolute Gasteiger partial charge is 0.190 e. The van der Waals surface area contributed by atoms with Crippen LogP contribution < -0.4 is 0 Å². The Balaban J connectivity index is 4.66. The molecule has 0 spiro atoms. The molecule has 0 aromatic carbocycles. The van der Waals surface area contributed by atoms with Crippen LogP contribution in [0.2, 0.25) is 19.6 Å². The zero-order valence-electron chi connectivity index (χ0n) is 10.3. The van der Waals surface area contributed by atoms with Gasteiger partial charge in [0.15, 0.2) is 8.32 Å². The first-order chi connectivity index (χ1) is 6.07. The molecule has 86 valence electrons. The summed E-state index contributed by atoms with van der Waals surface area (Å²) >= 11 is 7.61. The molecule has 14 heavy (non-hydrogen) atoms. The van der Waals surface area contributed by atoms with Gasteiger partial charge in [0, 0.05) is 10.9 Å². The minimum Gasteiger partial charge on any atom is -0.382 e. The summed E-state index contributed by atoms with van der Waals surface area (Å²) in [5, 5.41) is 0.569. The van der Waals surface area contributed by atoms with Crippen molar-refractivity contribution in [3.63, 3.8) is 0 Å². The molecule has 1 nitrogen and oxygen atoms in total. The lowest BCUT2D eigenvalue weighted by Gasteiger charge is -2.33. The maximum absolute atomic E-state index is 6.23. The molecule has 0 N–H and O–H groups in total. The molecule has 0 bridgehead atoms. The summed E-state index contributed by atoms with van der Waals surface area (Å²) in [5.41, 5.74) is -1.17. The van der Waals surface area contributed by atoms with Crippen molar-refractivity contribution in [2.24, 2.45) is 0 Å². The Morgan fingerprint density at radius 2 is 1.57 bits per heavy atom. The van der Waals surface area contributed by atoms with Crippen molar-refractivity contribution in [1.29, 1.82) is 0 Å². The summed E-state index contributed by atoms with van der Waals surface area (Å²) in [6.07, 6.45) is 0. The van der Waals surface area contributed by atoms with Crippen LogP contribution in [-0.2, 0) is 16.0 Å². The molecule has 0 rings (SSSR count). The zero-order chi connectivity index (χ0) is 11.6. The van der Waals surface area contributed by atoms with Gasteiger partial charge in [-0.25, -0.2) is 0 Å². The van der Waals surface area contributed by atoms with Crippen LogP contribution in [0.25, 0.3) is 0 Å². The Hall–Kier alpha value is 1.18. The minimum atomic E-state index is -1.66. The van der Waals surface area contributed by atoms with E-state index < -0.39 is 13.8 Å². The Bertz CT molecular complexity index is 223. The maximum atomic E-state index is 6.23. The molecule has 0 saturated heterocycles. The first kappa shape index (κ1) is 15.2. The highest BCUT2D eigenvalue weighted by atomic mass is 32.9. The van der Waals surface area contributed by atoms with E-state index in [9.17, 15) is 0 Å². The van der Waals surface area contributed by atoms with Gasteiger partial charge in [-0.15, -0.1) is 0 Å². The minimum absolute atomic E-state index is 0.483. The number of hydrogen-bond donors (Lipinski definition) is 0. The van der Waals surface area contributed by atoms with Gasteiger partial charge < -0.3 is 4.21 Å². The molecule has 5 heteroatoms. The van der Waals surface area contributed by atoms with Crippen molar-refractivity contribution < 1.29 is 4.21 Å². The van der Waals surface area contributed by atoms with Crippen molar-refractivity contribution >= 4 is 37.0 Å². The highest BCUT2D eigenvalue weighted by molar-refractivity contribution is 8.70. The average molecular weight is 270 g/mol. The molecule has 1 unspecified atom stereocenters. The van der Waals surface area contributed by atoms with E-state index in [2.05, 4.69) is 47.3 Å². The van der Waals surface area contributed by atoms with Gasteiger partial charge in [0.25, 0.3) is 0 Å². The molecular formula is C9H23OPS2Si. The lowest BCUT2D eigenvalue weighted by Crippen LogP contribution is -2.25. The van der Waals surface area contributed by atoms with Crippen LogP contribution in [0.3, 0.4) is 0 Å². The molecule has 0 radical (unpaired) electrons. The molecule has 0 aliphatic rings. The van der Waals surface area contributed by atoms with Gasteiger partial charge in [-0.3, -0.25) is 0 Å². The van der Waals surface area contributed by atoms with Gasteiger partial charge in [-0.2, -0.15) is 0 Å². The fourth-order valence-corrected chi connectivity index (χ4v) is 14.3. The Kier molecular flexibility index (Phi) is 5.95. The van der Waals surface area contributed by atoms with E-state index in [0.717, 1.165) is 0 Å². The van der Waals surface area contributed by atoms with E-state index in [0.29, 0.717) is 10.9 Å². The third kappa shape index (κ3) is 5.91. The molecule has 0 saturated carbocycles. The third-order valence-electron chi connectivity index (χ3n) is 1.39. The molecule has 0 amide bonds. The van der Waals surface area contributed by atoms with Gasteiger partial charge in [-0.1, -0.05) is 50.9 Å². The molecule has 1 atom stereocenters. The number of hydrogen-bond acceptors (Lipinski definition) is 3. The van der Waals surface area contributed by atoms with Gasteiger partial charge in [0.1, 0.15) is 5.47 Å². The number of rotatable bonds is 5. The Morgan fingerprint density at radius 3 is 1.79 bits per heavy atom. The van der Waals surface area contributed by atoms with Crippen molar-refractivity contribution in [2.45, 2.75) is 58.2 Å². The highest BCUT2D eigenvalue weighted by Gasteiger charge is 2.30. The van der Waals surface area contributed by atoms with Crippen molar-refractivity contribution in [1.82, 2.24) is 0 Å². The molecule has 0 aromatic heterocycles. The van der Waals surface area contributed by atoms with Crippen LogP contribution >= 0.6 is 16.8 Å².